The molecule has 1 rings (SSSR count). The van der Waals surface area contributed by atoms with E-state index in [0.717, 1.165) is 11.6 Å². The van der Waals surface area contributed by atoms with Gasteiger partial charge in [-0.1, -0.05) is 42.5 Å². The highest BCUT2D eigenvalue weighted by molar-refractivity contribution is 5.80. The number of benzene rings is 1. The molecular formula is C11H9O3-. The van der Waals surface area contributed by atoms with Gasteiger partial charge in [-0.3, -0.25) is 0 Å². The fourth-order valence-electron chi connectivity index (χ4n) is 0.883. The van der Waals surface area contributed by atoms with Gasteiger partial charge >= 0.3 is 5.97 Å². The van der Waals surface area contributed by atoms with Crippen LogP contribution >= 0.6 is 0 Å². The second-order valence-corrected chi connectivity index (χ2v) is 2.63. The molecule has 0 aromatic heterocycles. The van der Waals surface area contributed by atoms with Crippen molar-refractivity contribution in [3.63, 3.8) is 0 Å². The average molecular weight is 189 g/mol. The summed E-state index contributed by atoms with van der Waals surface area (Å²) < 4.78 is 0. The second kappa shape index (κ2) is 4.87. The van der Waals surface area contributed by atoms with Gasteiger partial charge in [0.25, 0.3) is 0 Å². The Bertz CT molecular complexity index is 361. The minimum atomic E-state index is -0.982. The number of hydrogen-bond donors (Lipinski definition) is 1. The molecule has 0 aliphatic carbocycles. The Morgan fingerprint density at radius 1 is 1.21 bits per heavy atom. The molecule has 0 saturated heterocycles. The molecule has 72 valence electrons. The summed E-state index contributed by atoms with van der Waals surface area (Å²) in [5, 5.41) is 19.0. The van der Waals surface area contributed by atoms with Crippen LogP contribution in [0.1, 0.15) is 5.56 Å². The standard InChI is InChI=1S/C11H10O3/c12-10-7-5-9(6-8-10)3-1-2-4-11(13)14/h1-8,12H,(H,13,14)/p-1/b3-1+,4-2+. The van der Waals surface area contributed by atoms with E-state index in [1.807, 2.05) is 0 Å². The maximum absolute atomic E-state index is 10.7. The van der Waals surface area contributed by atoms with Gasteiger partial charge in [0.05, 0.1) is 0 Å². The molecule has 3 nitrogen and oxygen atoms in total. The number of hydrogen-bond acceptors (Lipinski definition) is 2. The topological polar surface area (TPSA) is 60.4 Å². The molecule has 0 amide bonds. The fourth-order valence-corrected chi connectivity index (χ4v) is 0.883. The van der Waals surface area contributed by atoms with Gasteiger partial charge in [0.15, 0.2) is 0 Å². The summed E-state index contributed by atoms with van der Waals surface area (Å²) in [5.41, 5.74) is 0.861. The predicted octanol–water partition coefficient (Wildman–Crippen LogP) is 1.41. The zero-order valence-electron chi connectivity index (χ0n) is 7.38. The molecule has 1 N–H and O–H groups in total. The molecule has 3 heteroatoms. The molecule has 1 aromatic carbocycles. The van der Waals surface area contributed by atoms with E-state index < -0.39 is 5.97 Å². The van der Waals surface area contributed by atoms with Crippen molar-refractivity contribution < 1.29 is 15.0 Å². The van der Waals surface area contributed by atoms with Gasteiger partial charge in [-0.2, -0.15) is 0 Å². The van der Waals surface area contributed by atoms with Gasteiger partial charge < -0.3 is 10.2 Å². The zero-order valence-corrected chi connectivity index (χ0v) is 7.38. The van der Waals surface area contributed by atoms with E-state index in [2.05, 4.69) is 0 Å². The lowest BCUT2D eigenvalue weighted by Crippen LogP contribution is -1.87. The number of carboxylic acids is 1. The monoisotopic (exact) mass is 189 g/mol. The average Bonchev–Trinajstić information content (AvgIpc) is 2.15. The van der Waals surface area contributed by atoms with Crippen LogP contribution < -0.4 is 5.11 Å². The third-order valence-electron chi connectivity index (χ3n) is 1.52. The summed E-state index contributed by atoms with van der Waals surface area (Å²) in [7, 11) is 0. The molecule has 0 unspecified atom stereocenters. The molecule has 1 aromatic rings. The molecule has 0 aliphatic rings. The highest BCUT2D eigenvalue weighted by atomic mass is 16.4. The molecule has 0 saturated carbocycles. The number of carboxylic acid groups (broad SMARTS) is 1. The summed E-state index contributed by atoms with van der Waals surface area (Å²) in [6.45, 7) is 0. The van der Waals surface area contributed by atoms with Crippen molar-refractivity contribution >= 4 is 12.0 Å². The summed E-state index contributed by atoms with van der Waals surface area (Å²) >= 11 is 0. The van der Waals surface area contributed by atoms with Crippen molar-refractivity contribution in [1.82, 2.24) is 0 Å². The first-order valence-electron chi connectivity index (χ1n) is 4.03. The quantitative estimate of drug-likeness (QED) is 0.577. The van der Waals surface area contributed by atoms with E-state index in [-0.39, 0.29) is 5.75 Å². The highest BCUT2D eigenvalue weighted by Crippen LogP contribution is 2.07. The van der Waals surface area contributed by atoms with E-state index >= 15 is 0 Å². The Morgan fingerprint density at radius 2 is 1.86 bits per heavy atom. The summed E-state index contributed by atoms with van der Waals surface area (Å²) in [6, 6.07) is 6.27. The summed E-state index contributed by atoms with van der Waals surface area (Å²) in [5.74, 6) is -1.02. The Kier molecular flexibility index (Phi) is 3.49. The predicted molar refractivity (Wildman–Crippen MR) is 51.7 cm³/mol. The summed E-state index contributed by atoms with van der Waals surface area (Å²) in [4.78, 5) is 10.1. The molecule has 0 bridgehead atoms. The number of allylic oxidation sites excluding steroid dienone is 2. The molecule has 0 fully saturated rings. The van der Waals surface area contributed by atoms with E-state index in [0.29, 0.717) is 0 Å². The van der Waals surface area contributed by atoms with Crippen LogP contribution in [-0.4, -0.2) is 11.1 Å². The summed E-state index contributed by atoms with van der Waals surface area (Å²) in [6.07, 6.45) is 5.79. The fraction of sp³-hybridized carbons (Fsp3) is 0. The van der Waals surface area contributed by atoms with Gasteiger partial charge in [-0.15, -0.1) is 5.75 Å². The molecule has 0 aliphatic heterocycles. The Balaban J connectivity index is 2.60. The first kappa shape index (κ1) is 10.1. The molecule has 14 heavy (non-hydrogen) atoms. The van der Waals surface area contributed by atoms with Crippen LogP contribution in [0.3, 0.4) is 0 Å². The van der Waals surface area contributed by atoms with Gasteiger partial charge in [0, 0.05) is 6.08 Å². The second-order valence-electron chi connectivity index (χ2n) is 2.63. The van der Waals surface area contributed by atoms with Gasteiger partial charge in [-0.25, -0.2) is 4.79 Å². The van der Waals surface area contributed by atoms with Crippen molar-refractivity contribution in [2.75, 3.05) is 0 Å². The Labute approximate surface area is 81.6 Å². The lowest BCUT2D eigenvalue weighted by molar-refractivity contribution is -0.268. The number of carbonyl (C=O) groups is 1. The molecular weight excluding hydrogens is 180 g/mol. The van der Waals surface area contributed by atoms with Crippen LogP contribution in [0.25, 0.3) is 6.08 Å². The van der Waals surface area contributed by atoms with Crippen molar-refractivity contribution in [2.24, 2.45) is 0 Å². The van der Waals surface area contributed by atoms with Crippen LogP contribution in [0, 0.1) is 0 Å². The van der Waals surface area contributed by atoms with Gasteiger partial charge in [0.2, 0.25) is 0 Å². The highest BCUT2D eigenvalue weighted by Gasteiger charge is 1.83. The molecule has 0 heterocycles. The van der Waals surface area contributed by atoms with Crippen LogP contribution in [0.2, 0.25) is 0 Å². The van der Waals surface area contributed by atoms with Crippen LogP contribution in [-0.2, 0) is 4.79 Å². The smallest absolute Gasteiger partial charge is 0.328 e. The minimum absolute atomic E-state index is 0.0387. The molecule has 0 spiro atoms. The number of rotatable bonds is 3. The third-order valence-corrected chi connectivity index (χ3v) is 1.52. The maximum Gasteiger partial charge on any atom is 0.328 e. The molecule has 0 radical (unpaired) electrons. The SMILES string of the molecule is O=C(O)/C=C/C=C/c1ccc([O-])cc1. The van der Waals surface area contributed by atoms with Gasteiger partial charge in [0.1, 0.15) is 0 Å². The largest absolute Gasteiger partial charge is 0.872 e. The Morgan fingerprint density at radius 3 is 2.43 bits per heavy atom. The van der Waals surface area contributed by atoms with Crippen LogP contribution in [0.5, 0.6) is 5.75 Å². The normalized spacial score (nSPS) is 11.1. The van der Waals surface area contributed by atoms with E-state index in [4.69, 9.17) is 5.11 Å². The lowest BCUT2D eigenvalue weighted by atomic mass is 10.2. The molecule has 0 atom stereocenters. The van der Waals surface area contributed by atoms with E-state index in [9.17, 15) is 9.90 Å². The minimum Gasteiger partial charge on any atom is -0.872 e. The van der Waals surface area contributed by atoms with E-state index in [1.54, 1.807) is 24.3 Å². The number of aliphatic carboxylic acids is 1. The first-order valence-corrected chi connectivity index (χ1v) is 4.03. The van der Waals surface area contributed by atoms with Crippen molar-refractivity contribution in [3.8, 4) is 5.75 Å². The van der Waals surface area contributed by atoms with Crippen LogP contribution in [0.4, 0.5) is 0 Å². The Hall–Kier alpha value is -2.03. The van der Waals surface area contributed by atoms with Crippen molar-refractivity contribution in [2.45, 2.75) is 0 Å². The first-order chi connectivity index (χ1) is 6.68. The zero-order chi connectivity index (χ0) is 10.4. The lowest BCUT2D eigenvalue weighted by Gasteiger charge is -2.02. The van der Waals surface area contributed by atoms with Crippen molar-refractivity contribution in [3.05, 3.63) is 48.1 Å². The van der Waals surface area contributed by atoms with Crippen LogP contribution in [0.15, 0.2) is 42.5 Å². The third kappa shape index (κ3) is 3.58. The van der Waals surface area contributed by atoms with Gasteiger partial charge in [-0.05, 0) is 5.56 Å². The maximum atomic E-state index is 10.7. The van der Waals surface area contributed by atoms with Crippen molar-refractivity contribution in [1.29, 1.82) is 0 Å². The van der Waals surface area contributed by atoms with E-state index in [1.165, 1.54) is 18.2 Å².